The molecule has 0 saturated heterocycles. The molecule has 0 unspecified atom stereocenters. The smallest absolute Gasteiger partial charge is 0.324 e. The topological polar surface area (TPSA) is 74.7 Å². The first-order valence-electron chi connectivity index (χ1n) is 4.95. The van der Waals surface area contributed by atoms with Crippen molar-refractivity contribution in [1.82, 2.24) is 0 Å². The summed E-state index contributed by atoms with van der Waals surface area (Å²) >= 11 is 11.6. The van der Waals surface area contributed by atoms with Gasteiger partial charge in [0.1, 0.15) is 6.54 Å². The summed E-state index contributed by atoms with van der Waals surface area (Å²) in [6.45, 7) is 0.742. The predicted molar refractivity (Wildman–Crippen MR) is 70.9 cm³/mol. The standard InChI is InChI=1S/C10H11Cl2NO4S/c1-2-18(16,17)13(6-10(14)15)9-4-3-7(11)5-8(9)12/h3-5H,2,6H2,1H3,(H,14,15). The molecule has 0 bridgehead atoms. The molecule has 0 aliphatic heterocycles. The van der Waals surface area contributed by atoms with E-state index in [1.54, 1.807) is 0 Å². The van der Waals surface area contributed by atoms with Gasteiger partial charge in [-0.1, -0.05) is 23.2 Å². The van der Waals surface area contributed by atoms with E-state index in [1.807, 2.05) is 0 Å². The first kappa shape index (κ1) is 15.1. The van der Waals surface area contributed by atoms with E-state index < -0.39 is 22.5 Å². The Hall–Kier alpha value is -0.980. The van der Waals surface area contributed by atoms with Crippen LogP contribution in [0.15, 0.2) is 18.2 Å². The Kier molecular flexibility index (Phi) is 4.84. The number of carbonyl (C=O) groups is 1. The summed E-state index contributed by atoms with van der Waals surface area (Å²) in [5, 5.41) is 9.20. The lowest BCUT2D eigenvalue weighted by Gasteiger charge is -2.22. The average Bonchev–Trinajstić information content (AvgIpc) is 2.26. The van der Waals surface area contributed by atoms with Crippen LogP contribution in [0.4, 0.5) is 5.69 Å². The Balaban J connectivity index is 3.30. The molecule has 0 fully saturated rings. The Labute approximate surface area is 115 Å². The number of hydrogen-bond donors (Lipinski definition) is 1. The third-order valence-corrected chi connectivity index (χ3v) is 4.42. The van der Waals surface area contributed by atoms with E-state index in [0.29, 0.717) is 5.02 Å². The van der Waals surface area contributed by atoms with Gasteiger partial charge in [0.05, 0.1) is 16.5 Å². The van der Waals surface area contributed by atoms with Crippen molar-refractivity contribution in [3.8, 4) is 0 Å². The van der Waals surface area contributed by atoms with Crippen molar-refractivity contribution in [3.05, 3.63) is 28.2 Å². The number of sulfonamides is 1. The zero-order chi connectivity index (χ0) is 13.9. The van der Waals surface area contributed by atoms with Crippen molar-refractivity contribution in [3.63, 3.8) is 0 Å². The lowest BCUT2D eigenvalue weighted by molar-refractivity contribution is -0.135. The number of aliphatic carboxylic acids is 1. The van der Waals surface area contributed by atoms with Crippen LogP contribution in [-0.4, -0.2) is 31.8 Å². The van der Waals surface area contributed by atoms with Gasteiger partial charge in [0.2, 0.25) is 10.0 Å². The zero-order valence-electron chi connectivity index (χ0n) is 9.43. The molecule has 1 N–H and O–H groups in total. The minimum absolute atomic E-state index is 0.0841. The summed E-state index contributed by atoms with van der Waals surface area (Å²) < 4.78 is 24.4. The maximum Gasteiger partial charge on any atom is 0.324 e. The average molecular weight is 312 g/mol. The SMILES string of the molecule is CCS(=O)(=O)N(CC(=O)O)c1ccc(Cl)cc1Cl. The summed E-state index contributed by atoms with van der Waals surface area (Å²) in [5.74, 6) is -1.49. The molecule has 0 radical (unpaired) electrons. The molecule has 0 saturated carbocycles. The van der Waals surface area contributed by atoms with E-state index in [-0.39, 0.29) is 16.5 Å². The molecule has 0 aliphatic carbocycles. The molecule has 18 heavy (non-hydrogen) atoms. The van der Waals surface area contributed by atoms with E-state index in [2.05, 4.69) is 0 Å². The minimum atomic E-state index is -3.72. The Bertz CT molecular complexity index is 559. The predicted octanol–water partition coefficient (Wildman–Crippen LogP) is 2.23. The molecule has 1 rings (SSSR count). The maximum absolute atomic E-state index is 11.8. The molecule has 0 spiro atoms. The summed E-state index contributed by atoms with van der Waals surface area (Å²) in [7, 11) is -3.72. The van der Waals surface area contributed by atoms with Gasteiger partial charge in [-0.05, 0) is 25.1 Å². The van der Waals surface area contributed by atoms with Gasteiger partial charge in [-0.15, -0.1) is 0 Å². The van der Waals surface area contributed by atoms with Gasteiger partial charge in [-0.25, -0.2) is 8.42 Å². The van der Waals surface area contributed by atoms with Crippen LogP contribution in [0.2, 0.25) is 10.0 Å². The third kappa shape index (κ3) is 3.51. The van der Waals surface area contributed by atoms with Crippen LogP contribution in [0.1, 0.15) is 6.92 Å². The lowest BCUT2D eigenvalue weighted by Crippen LogP contribution is -2.36. The number of nitrogens with zero attached hydrogens (tertiary/aromatic N) is 1. The molecule has 100 valence electrons. The fraction of sp³-hybridized carbons (Fsp3) is 0.300. The lowest BCUT2D eigenvalue weighted by atomic mass is 10.3. The fourth-order valence-corrected chi connectivity index (χ4v) is 2.93. The van der Waals surface area contributed by atoms with Crippen LogP contribution in [0, 0.1) is 0 Å². The van der Waals surface area contributed by atoms with Crippen LogP contribution < -0.4 is 4.31 Å². The zero-order valence-corrected chi connectivity index (χ0v) is 11.8. The molecule has 0 atom stereocenters. The van der Waals surface area contributed by atoms with E-state index in [4.69, 9.17) is 28.3 Å². The second kappa shape index (κ2) is 5.77. The van der Waals surface area contributed by atoms with Crippen LogP contribution in [0.5, 0.6) is 0 Å². The number of anilines is 1. The maximum atomic E-state index is 11.8. The van der Waals surface area contributed by atoms with Crippen LogP contribution in [-0.2, 0) is 14.8 Å². The van der Waals surface area contributed by atoms with E-state index >= 15 is 0 Å². The van der Waals surface area contributed by atoms with Gasteiger partial charge in [-0.2, -0.15) is 0 Å². The largest absolute Gasteiger partial charge is 0.480 e. The highest BCUT2D eigenvalue weighted by Crippen LogP contribution is 2.30. The highest BCUT2D eigenvalue weighted by Gasteiger charge is 2.25. The minimum Gasteiger partial charge on any atom is -0.480 e. The molecule has 1 aromatic carbocycles. The molecular weight excluding hydrogens is 301 g/mol. The number of benzene rings is 1. The van der Waals surface area contributed by atoms with Gasteiger partial charge in [-0.3, -0.25) is 9.10 Å². The van der Waals surface area contributed by atoms with Crippen molar-refractivity contribution in [1.29, 1.82) is 0 Å². The highest BCUT2D eigenvalue weighted by molar-refractivity contribution is 7.92. The van der Waals surface area contributed by atoms with Gasteiger partial charge in [0, 0.05) is 5.02 Å². The van der Waals surface area contributed by atoms with Gasteiger partial charge in [0.25, 0.3) is 0 Å². The van der Waals surface area contributed by atoms with Gasteiger partial charge >= 0.3 is 5.97 Å². The molecular formula is C10H11Cl2NO4S. The summed E-state index contributed by atoms with van der Waals surface area (Å²) in [5.41, 5.74) is 0.102. The Morgan fingerprint density at radius 3 is 2.44 bits per heavy atom. The molecule has 0 heterocycles. The van der Waals surface area contributed by atoms with Gasteiger partial charge in [0.15, 0.2) is 0 Å². The van der Waals surface area contributed by atoms with Crippen LogP contribution in [0.25, 0.3) is 0 Å². The second-order valence-electron chi connectivity index (χ2n) is 3.40. The van der Waals surface area contributed by atoms with Gasteiger partial charge < -0.3 is 5.11 Å². The molecule has 0 aliphatic rings. The molecule has 0 aromatic heterocycles. The number of hydrogen-bond acceptors (Lipinski definition) is 3. The van der Waals surface area contributed by atoms with E-state index in [1.165, 1.54) is 25.1 Å². The molecule has 8 heteroatoms. The van der Waals surface area contributed by atoms with Crippen molar-refractivity contribution < 1.29 is 18.3 Å². The highest BCUT2D eigenvalue weighted by atomic mass is 35.5. The summed E-state index contributed by atoms with van der Waals surface area (Å²) in [6, 6.07) is 4.18. The number of halogens is 2. The molecule has 5 nitrogen and oxygen atoms in total. The van der Waals surface area contributed by atoms with E-state index in [0.717, 1.165) is 4.31 Å². The monoisotopic (exact) mass is 311 g/mol. The van der Waals surface area contributed by atoms with E-state index in [9.17, 15) is 13.2 Å². The number of carboxylic acid groups (broad SMARTS) is 1. The van der Waals surface area contributed by atoms with Crippen molar-refractivity contribution in [2.24, 2.45) is 0 Å². The fourth-order valence-electron chi connectivity index (χ4n) is 1.30. The summed E-state index contributed by atoms with van der Waals surface area (Å²) in [4.78, 5) is 10.7. The first-order valence-corrected chi connectivity index (χ1v) is 7.31. The van der Waals surface area contributed by atoms with Crippen molar-refractivity contribution in [2.75, 3.05) is 16.6 Å². The number of rotatable bonds is 5. The summed E-state index contributed by atoms with van der Waals surface area (Å²) in [6.07, 6.45) is 0. The second-order valence-corrected chi connectivity index (χ2v) is 6.42. The first-order chi connectivity index (χ1) is 8.27. The molecule has 0 amide bonds. The quantitative estimate of drug-likeness (QED) is 0.905. The molecule has 1 aromatic rings. The number of carboxylic acids is 1. The van der Waals surface area contributed by atoms with Crippen LogP contribution >= 0.6 is 23.2 Å². The van der Waals surface area contributed by atoms with Crippen molar-refractivity contribution >= 4 is 44.9 Å². The Morgan fingerprint density at radius 1 is 1.39 bits per heavy atom. The van der Waals surface area contributed by atoms with Crippen molar-refractivity contribution in [2.45, 2.75) is 6.92 Å². The Morgan fingerprint density at radius 2 is 2.00 bits per heavy atom. The normalized spacial score (nSPS) is 11.3. The third-order valence-electron chi connectivity index (χ3n) is 2.16. The van der Waals surface area contributed by atoms with Crippen LogP contribution in [0.3, 0.4) is 0 Å².